The molecule has 93 heavy (non-hydrogen) atoms. The molecule has 1 saturated carbocycles. The van der Waals surface area contributed by atoms with E-state index in [9.17, 15) is 56.1 Å². The van der Waals surface area contributed by atoms with Crippen LogP contribution in [-0.2, 0) is 44.6 Å². The van der Waals surface area contributed by atoms with Gasteiger partial charge in [0.15, 0.2) is 0 Å². The lowest BCUT2D eigenvalue weighted by Gasteiger charge is -2.34. The Balaban J connectivity index is 1.13. The van der Waals surface area contributed by atoms with Gasteiger partial charge in [0, 0.05) is 61.8 Å². The molecule has 4 N–H and O–H groups in total. The maximum absolute atomic E-state index is 16.8. The van der Waals surface area contributed by atoms with E-state index in [-0.39, 0.29) is 84.8 Å². The molecule has 16 nitrogen and oxygen atoms in total. The van der Waals surface area contributed by atoms with Gasteiger partial charge in [0.25, 0.3) is 11.1 Å². The smallest absolute Gasteiger partial charge is 0.418 e. The number of hydrogen-bond donors (Lipinski definition) is 4. The predicted octanol–water partition coefficient (Wildman–Crippen LogP) is 11.9. The van der Waals surface area contributed by atoms with Crippen molar-refractivity contribution in [1.82, 2.24) is 40.0 Å². The van der Waals surface area contributed by atoms with Gasteiger partial charge in [0.05, 0.1) is 41.9 Å². The largest absolute Gasteiger partial charge is 0.481 e. The van der Waals surface area contributed by atoms with Gasteiger partial charge in [0.1, 0.15) is 35.7 Å². The minimum Gasteiger partial charge on any atom is -0.481 e. The number of amides is 2. The number of carboxylic acid groups (broad SMARTS) is 2. The fraction of sp³-hybridized carbons (Fsp3) is 0.486. The molecule has 1 aliphatic heterocycles. The maximum Gasteiger partial charge on any atom is 0.418 e. The number of halogens is 7. The summed E-state index contributed by atoms with van der Waals surface area (Å²) in [4.78, 5) is 87.1. The van der Waals surface area contributed by atoms with Gasteiger partial charge in [-0.25, -0.2) is 26.9 Å². The number of alkyl halides is 4. The Morgan fingerprint density at radius 2 is 1.18 bits per heavy atom. The standard InChI is InChI=1S/C70H83F7N8O8/c1-35(2)17-58(84-60(86)30-54(70(75,76)77)55(81-84)14-16-83-33-48(72)34-83)67(91)78-57(32-62(89)90)53-28-46(22-42(10)66(53)74)64-38(6)19-37(5)20-44(64)25-43-26-50(43)51-29-49(13-15-82(11)12)80-85(69(51)93)59(18-36(3)4)68(92)79-56(31-61(87)88)52-27-45(21-41(9)65(52)73)63-39(7)23-47(71)24-40(63)8/h19-24,27-30,35-36,43,48,50,56-59H,13-18,25-26,31-34H2,1-12H3,(H,78,91)(H,79,92)(H,87,88)(H,89,90)/t43?,50?,56-,57-,58-,59-/m0/s1. The Bertz CT molecular complexity index is 3930. The van der Waals surface area contributed by atoms with Crippen LogP contribution in [0.15, 0.2) is 70.3 Å². The van der Waals surface area contributed by atoms with E-state index in [2.05, 4.69) is 15.7 Å². The number of carbonyl (C=O) groups is 4. The van der Waals surface area contributed by atoms with Crippen LogP contribution in [0, 0.1) is 76.7 Å². The van der Waals surface area contributed by atoms with Crippen molar-refractivity contribution >= 4 is 23.8 Å². The number of aromatic nitrogens is 4. The van der Waals surface area contributed by atoms with Gasteiger partial charge in [-0.1, -0.05) is 45.4 Å². The first kappa shape index (κ1) is 70.8. The molecule has 4 aromatic carbocycles. The highest BCUT2D eigenvalue weighted by molar-refractivity contribution is 5.83. The predicted molar refractivity (Wildman–Crippen MR) is 339 cm³/mol. The highest BCUT2D eigenvalue weighted by Crippen LogP contribution is 2.50. The number of aryl methyl sites for hydroxylation is 6. The van der Waals surface area contributed by atoms with Crippen LogP contribution < -0.4 is 21.8 Å². The van der Waals surface area contributed by atoms with Crippen LogP contribution in [-0.4, -0.2) is 110 Å². The van der Waals surface area contributed by atoms with E-state index in [1.807, 2.05) is 58.8 Å². The normalized spacial score (nSPS) is 16.5. The van der Waals surface area contributed by atoms with E-state index >= 15 is 13.6 Å². The van der Waals surface area contributed by atoms with Gasteiger partial charge in [-0.05, 0) is 203 Å². The SMILES string of the molecule is Cc1cc(C)c(-c2cc(C)c(F)c([C@H](CC(=O)O)NC(=O)[C@H](CC(C)C)n3nc(CCN4CC(F)C4)c(C(F)(F)F)cc3=O)c2)c(CC2CC2c2cc(CCN(C)C)nn([C@@H](CC(C)C)C(=O)N[C@@H](CC(=O)O)c3cc(-c4c(C)cc(F)cc4C)cc(C)c3F)c2=O)c1. The number of likely N-dealkylation sites (tertiary alicyclic amines) is 1. The molecule has 8 rings (SSSR count). The van der Waals surface area contributed by atoms with Crippen molar-refractivity contribution in [3.63, 3.8) is 0 Å². The molecule has 2 aromatic heterocycles. The molecule has 0 bridgehead atoms. The molecular formula is C70H83F7N8O8. The fourth-order valence-electron chi connectivity index (χ4n) is 13.0. The molecule has 0 spiro atoms. The molecular weight excluding hydrogens is 1210 g/mol. The van der Waals surface area contributed by atoms with Crippen LogP contribution in [0.5, 0.6) is 0 Å². The van der Waals surface area contributed by atoms with E-state index < -0.39 is 113 Å². The van der Waals surface area contributed by atoms with Crippen LogP contribution in [0.2, 0.25) is 0 Å². The highest BCUT2D eigenvalue weighted by atomic mass is 19.4. The van der Waals surface area contributed by atoms with Crippen LogP contribution >= 0.6 is 0 Å². The van der Waals surface area contributed by atoms with Crippen molar-refractivity contribution in [2.75, 3.05) is 40.3 Å². The summed E-state index contributed by atoms with van der Waals surface area (Å²) >= 11 is 0. The van der Waals surface area contributed by atoms with Gasteiger partial charge in [-0.2, -0.15) is 23.4 Å². The van der Waals surface area contributed by atoms with Gasteiger partial charge in [0.2, 0.25) is 11.8 Å². The number of carboxylic acids is 2. The summed E-state index contributed by atoms with van der Waals surface area (Å²) in [5, 5.41) is 34.9. The summed E-state index contributed by atoms with van der Waals surface area (Å²) in [6.07, 6.45) is -6.80. The Hall–Kier alpha value is -8.05. The first-order valence-corrected chi connectivity index (χ1v) is 31.4. The van der Waals surface area contributed by atoms with Crippen molar-refractivity contribution in [2.24, 2.45) is 17.8 Å². The van der Waals surface area contributed by atoms with Crippen LogP contribution in [0.1, 0.15) is 162 Å². The van der Waals surface area contributed by atoms with Crippen molar-refractivity contribution in [2.45, 2.75) is 163 Å². The minimum atomic E-state index is -5.00. The Morgan fingerprint density at radius 1 is 0.667 bits per heavy atom. The zero-order valence-electron chi connectivity index (χ0n) is 54.6. The molecule has 2 amide bonds. The molecule has 1 aliphatic carbocycles. The first-order valence-electron chi connectivity index (χ1n) is 31.4. The Morgan fingerprint density at radius 3 is 1.68 bits per heavy atom. The number of likely N-dealkylation sites (N-methyl/N-ethyl adjacent to an activating group) is 1. The van der Waals surface area contributed by atoms with Crippen LogP contribution in [0.25, 0.3) is 22.3 Å². The summed E-state index contributed by atoms with van der Waals surface area (Å²) < 4.78 is 106. The third-order valence-electron chi connectivity index (χ3n) is 17.5. The number of hydrogen-bond acceptors (Lipinski definition) is 10. The third-order valence-corrected chi connectivity index (χ3v) is 17.5. The molecule has 6 aromatic rings. The number of benzene rings is 4. The number of aliphatic carboxylic acids is 2. The first-order chi connectivity index (χ1) is 43.6. The second kappa shape index (κ2) is 29.1. The minimum absolute atomic E-state index is 0.00817. The van der Waals surface area contributed by atoms with E-state index in [4.69, 9.17) is 5.10 Å². The van der Waals surface area contributed by atoms with Crippen LogP contribution in [0.3, 0.4) is 0 Å². The van der Waals surface area contributed by atoms with Gasteiger partial charge < -0.3 is 25.7 Å². The zero-order valence-corrected chi connectivity index (χ0v) is 54.6. The number of nitrogens with zero attached hydrogens (tertiary/aromatic N) is 6. The Kier molecular flexibility index (Phi) is 22.1. The third kappa shape index (κ3) is 17.0. The van der Waals surface area contributed by atoms with Gasteiger partial charge >= 0.3 is 18.1 Å². The van der Waals surface area contributed by atoms with Crippen molar-refractivity contribution in [3.8, 4) is 22.3 Å². The average molecular weight is 1300 g/mol. The second-order valence-corrected chi connectivity index (χ2v) is 26.6. The lowest BCUT2D eigenvalue weighted by Crippen LogP contribution is -2.49. The quantitative estimate of drug-likeness (QED) is 0.0355. The molecule has 2 unspecified atom stereocenters. The fourth-order valence-corrected chi connectivity index (χ4v) is 13.0. The topological polar surface area (TPSA) is 209 Å². The summed E-state index contributed by atoms with van der Waals surface area (Å²) in [5.41, 5.74) is 3.02. The summed E-state index contributed by atoms with van der Waals surface area (Å²) in [6, 6.07) is 8.97. The maximum atomic E-state index is 16.8. The van der Waals surface area contributed by atoms with Gasteiger partial charge in [-0.15, -0.1) is 0 Å². The highest BCUT2D eigenvalue weighted by Gasteiger charge is 2.43. The Labute approximate surface area is 536 Å². The molecule has 2 aliphatic rings. The van der Waals surface area contributed by atoms with E-state index in [0.29, 0.717) is 81.2 Å². The zero-order chi connectivity index (χ0) is 68.4. The van der Waals surface area contributed by atoms with Crippen molar-refractivity contribution in [3.05, 3.63) is 171 Å². The number of nitrogens with one attached hydrogen (secondary N) is 2. The van der Waals surface area contributed by atoms with E-state index in [1.165, 1.54) is 42.8 Å². The average Bonchev–Trinajstić information content (AvgIpc) is 1.72. The molecule has 1 saturated heterocycles. The second-order valence-electron chi connectivity index (χ2n) is 26.6. The molecule has 6 atom stereocenters. The van der Waals surface area contributed by atoms with Gasteiger partial charge in [-0.3, -0.25) is 33.7 Å². The van der Waals surface area contributed by atoms with E-state index in [1.54, 1.807) is 50.8 Å². The van der Waals surface area contributed by atoms with Crippen molar-refractivity contribution in [1.29, 1.82) is 0 Å². The molecule has 3 heterocycles. The summed E-state index contributed by atoms with van der Waals surface area (Å²) in [7, 11) is 3.76. The summed E-state index contributed by atoms with van der Waals surface area (Å²) in [5.74, 6) is -7.64. The molecule has 2 fully saturated rings. The molecule has 500 valence electrons. The lowest BCUT2D eigenvalue weighted by atomic mass is 9.87. The van der Waals surface area contributed by atoms with Crippen LogP contribution in [0.4, 0.5) is 30.7 Å². The monoisotopic (exact) mass is 1300 g/mol. The number of carbonyl (C=O) groups excluding carboxylic acids is 2. The van der Waals surface area contributed by atoms with E-state index in [0.717, 1.165) is 16.7 Å². The van der Waals surface area contributed by atoms with Crippen molar-refractivity contribution < 1.29 is 60.1 Å². The lowest BCUT2D eigenvalue weighted by molar-refractivity contribution is -0.139. The molecule has 23 heteroatoms. The number of rotatable bonds is 27. The molecule has 0 radical (unpaired) electrons. The summed E-state index contributed by atoms with van der Waals surface area (Å²) in [6.45, 7) is 17.9.